The molecule has 0 N–H and O–H groups in total. The number of halogens is 2. The molecule has 2 rings (SSSR count). The van der Waals surface area contributed by atoms with Gasteiger partial charge in [-0.05, 0) is 26.0 Å². The first kappa shape index (κ1) is 12.9. The minimum Gasteiger partial charge on any atom is -0.474 e. The van der Waals surface area contributed by atoms with Crippen LogP contribution in [0.1, 0.15) is 18.5 Å². The van der Waals surface area contributed by atoms with Crippen LogP contribution in [0.15, 0.2) is 12.1 Å². The third-order valence-corrected chi connectivity index (χ3v) is 3.57. The van der Waals surface area contributed by atoms with Gasteiger partial charge < -0.3 is 9.64 Å². The van der Waals surface area contributed by atoms with Gasteiger partial charge in [-0.25, -0.2) is 4.98 Å². The summed E-state index contributed by atoms with van der Waals surface area (Å²) in [6, 6.07) is 3.59. The number of pyridine rings is 1. The Hall–Kier alpha value is -0.510. The van der Waals surface area contributed by atoms with Crippen LogP contribution in [0.2, 0.25) is 5.02 Å². The quantitative estimate of drug-likeness (QED) is 0.793. The summed E-state index contributed by atoms with van der Waals surface area (Å²) in [6.45, 7) is 2.14. The van der Waals surface area contributed by atoms with Crippen molar-refractivity contribution in [2.45, 2.75) is 24.8 Å². The smallest absolute Gasteiger partial charge is 0.213 e. The van der Waals surface area contributed by atoms with E-state index in [9.17, 15) is 0 Å². The second-order valence-electron chi connectivity index (χ2n) is 4.33. The molecule has 0 unspecified atom stereocenters. The highest BCUT2D eigenvalue weighted by molar-refractivity contribution is 6.32. The predicted molar refractivity (Wildman–Crippen MR) is 70.0 cm³/mol. The number of ether oxygens (including phenoxy) is 1. The van der Waals surface area contributed by atoms with Crippen LogP contribution in [0.3, 0.4) is 0 Å². The lowest BCUT2D eigenvalue weighted by Crippen LogP contribution is -2.35. The molecular weight excluding hydrogens is 259 g/mol. The number of nitrogens with zero attached hydrogens (tertiary/aromatic N) is 2. The predicted octanol–water partition coefficient (Wildman–Crippen LogP) is 2.95. The molecule has 2 heterocycles. The van der Waals surface area contributed by atoms with E-state index in [2.05, 4.69) is 16.9 Å². The fourth-order valence-electron chi connectivity index (χ4n) is 1.90. The summed E-state index contributed by atoms with van der Waals surface area (Å²) in [6.07, 6.45) is 2.33. The van der Waals surface area contributed by atoms with Gasteiger partial charge >= 0.3 is 0 Å². The third kappa shape index (κ3) is 3.47. The van der Waals surface area contributed by atoms with E-state index in [1.54, 1.807) is 12.1 Å². The van der Waals surface area contributed by atoms with Crippen molar-refractivity contribution in [3.63, 3.8) is 0 Å². The number of alkyl halides is 1. The van der Waals surface area contributed by atoms with Crippen LogP contribution in [0.5, 0.6) is 5.88 Å². The molecule has 1 aromatic heterocycles. The number of hydrogen-bond acceptors (Lipinski definition) is 3. The molecule has 0 atom stereocenters. The molecule has 5 heteroatoms. The zero-order valence-corrected chi connectivity index (χ0v) is 11.3. The lowest BCUT2D eigenvalue weighted by molar-refractivity contribution is 0.110. The zero-order valence-electron chi connectivity index (χ0n) is 9.83. The molecule has 94 valence electrons. The van der Waals surface area contributed by atoms with Crippen molar-refractivity contribution in [3.05, 3.63) is 22.8 Å². The molecule has 0 bridgehead atoms. The van der Waals surface area contributed by atoms with Crippen LogP contribution in [0.4, 0.5) is 0 Å². The van der Waals surface area contributed by atoms with Gasteiger partial charge in [0.15, 0.2) is 0 Å². The van der Waals surface area contributed by atoms with Gasteiger partial charge in [0, 0.05) is 19.2 Å². The second-order valence-corrected chi connectivity index (χ2v) is 5.01. The van der Waals surface area contributed by atoms with Gasteiger partial charge in [-0.2, -0.15) is 0 Å². The molecule has 0 amide bonds. The molecule has 3 nitrogen and oxygen atoms in total. The molecule has 1 aliphatic heterocycles. The molecule has 0 spiro atoms. The van der Waals surface area contributed by atoms with E-state index in [-0.39, 0.29) is 6.10 Å². The first-order valence-electron chi connectivity index (χ1n) is 5.75. The van der Waals surface area contributed by atoms with E-state index >= 15 is 0 Å². The zero-order chi connectivity index (χ0) is 12.3. The van der Waals surface area contributed by atoms with E-state index in [1.165, 1.54) is 0 Å². The van der Waals surface area contributed by atoms with Gasteiger partial charge in [0.1, 0.15) is 6.10 Å². The first-order valence-corrected chi connectivity index (χ1v) is 6.67. The van der Waals surface area contributed by atoms with Crippen molar-refractivity contribution >= 4 is 23.2 Å². The molecular formula is C12H16Cl2N2O. The largest absolute Gasteiger partial charge is 0.474 e. The van der Waals surface area contributed by atoms with Crippen LogP contribution in [0.25, 0.3) is 0 Å². The van der Waals surface area contributed by atoms with Crippen molar-refractivity contribution in [1.29, 1.82) is 0 Å². The maximum atomic E-state index is 5.95. The van der Waals surface area contributed by atoms with Crippen molar-refractivity contribution in [2.24, 2.45) is 0 Å². The van der Waals surface area contributed by atoms with Crippen LogP contribution in [-0.4, -0.2) is 36.1 Å². The summed E-state index contributed by atoms with van der Waals surface area (Å²) in [7, 11) is 2.13. The van der Waals surface area contributed by atoms with E-state index in [0.29, 0.717) is 22.5 Å². The molecule has 0 aromatic carbocycles. The minimum absolute atomic E-state index is 0.253. The SMILES string of the molecule is CN1CCC(Oc2ccc(Cl)c(CCl)n2)CC1. The summed E-state index contributed by atoms with van der Waals surface area (Å²) in [4.78, 5) is 6.61. The number of likely N-dealkylation sites (tertiary alicyclic amines) is 1. The topological polar surface area (TPSA) is 25.4 Å². The van der Waals surface area contributed by atoms with Gasteiger partial charge in [0.25, 0.3) is 0 Å². The van der Waals surface area contributed by atoms with Crippen molar-refractivity contribution < 1.29 is 4.74 Å². The summed E-state index contributed by atoms with van der Waals surface area (Å²) >= 11 is 11.7. The molecule has 0 radical (unpaired) electrons. The van der Waals surface area contributed by atoms with Crippen LogP contribution in [-0.2, 0) is 5.88 Å². The van der Waals surface area contributed by atoms with E-state index in [4.69, 9.17) is 27.9 Å². The van der Waals surface area contributed by atoms with Crippen LogP contribution in [0, 0.1) is 0 Å². The molecule has 1 aliphatic rings. The average molecular weight is 275 g/mol. The molecule has 17 heavy (non-hydrogen) atoms. The Labute approximate surface area is 112 Å². The highest BCUT2D eigenvalue weighted by Crippen LogP contribution is 2.22. The Morgan fingerprint density at radius 2 is 2.12 bits per heavy atom. The standard InChI is InChI=1S/C12H16Cl2N2O/c1-16-6-4-9(5-7-16)17-12-3-2-10(14)11(8-13)15-12/h2-3,9H,4-8H2,1H3. The summed E-state index contributed by atoms with van der Waals surface area (Å²) in [5.41, 5.74) is 0.679. The average Bonchev–Trinajstić information content (AvgIpc) is 2.34. The van der Waals surface area contributed by atoms with Crippen molar-refractivity contribution in [2.75, 3.05) is 20.1 Å². The van der Waals surface area contributed by atoms with Crippen LogP contribution < -0.4 is 4.74 Å². The third-order valence-electron chi connectivity index (χ3n) is 2.97. The first-order chi connectivity index (χ1) is 8.19. The Morgan fingerprint density at radius 1 is 1.41 bits per heavy atom. The van der Waals surface area contributed by atoms with Crippen molar-refractivity contribution in [3.8, 4) is 5.88 Å². The fraction of sp³-hybridized carbons (Fsp3) is 0.583. The molecule has 1 saturated heterocycles. The van der Waals surface area contributed by atoms with Gasteiger partial charge in [-0.15, -0.1) is 11.6 Å². The summed E-state index contributed by atoms with van der Waals surface area (Å²) in [5.74, 6) is 0.934. The molecule has 1 aromatic rings. The van der Waals surface area contributed by atoms with Crippen molar-refractivity contribution in [1.82, 2.24) is 9.88 Å². The number of rotatable bonds is 3. The Kier molecular flexibility index (Phi) is 4.48. The second kappa shape index (κ2) is 5.89. The van der Waals surface area contributed by atoms with Gasteiger partial charge in [-0.1, -0.05) is 11.6 Å². The Balaban J connectivity index is 1.99. The fourth-order valence-corrected chi connectivity index (χ4v) is 2.34. The van der Waals surface area contributed by atoms with Gasteiger partial charge in [-0.3, -0.25) is 0 Å². The number of aromatic nitrogens is 1. The Bertz CT molecular complexity index is 379. The highest BCUT2D eigenvalue weighted by atomic mass is 35.5. The lowest BCUT2D eigenvalue weighted by Gasteiger charge is -2.29. The van der Waals surface area contributed by atoms with Crippen LogP contribution >= 0.6 is 23.2 Å². The number of hydrogen-bond donors (Lipinski definition) is 0. The molecule has 0 saturated carbocycles. The Morgan fingerprint density at radius 3 is 2.76 bits per heavy atom. The molecule has 0 aliphatic carbocycles. The summed E-state index contributed by atoms with van der Waals surface area (Å²) in [5, 5.41) is 0.593. The lowest BCUT2D eigenvalue weighted by atomic mass is 10.1. The number of piperidine rings is 1. The molecule has 1 fully saturated rings. The van der Waals surface area contributed by atoms with E-state index in [0.717, 1.165) is 25.9 Å². The minimum atomic E-state index is 0.253. The maximum absolute atomic E-state index is 5.95. The highest BCUT2D eigenvalue weighted by Gasteiger charge is 2.18. The summed E-state index contributed by atoms with van der Waals surface area (Å²) < 4.78 is 5.85. The maximum Gasteiger partial charge on any atom is 0.213 e. The monoisotopic (exact) mass is 274 g/mol. The van der Waals surface area contributed by atoms with E-state index in [1.807, 2.05) is 0 Å². The van der Waals surface area contributed by atoms with Gasteiger partial charge in [0.2, 0.25) is 5.88 Å². The van der Waals surface area contributed by atoms with E-state index < -0.39 is 0 Å². The normalized spacial score (nSPS) is 18.3. The van der Waals surface area contributed by atoms with Gasteiger partial charge in [0.05, 0.1) is 16.6 Å².